The highest BCUT2D eigenvalue weighted by Crippen LogP contribution is 2.34. The van der Waals surface area contributed by atoms with Gasteiger partial charge in [0.15, 0.2) is 5.65 Å². The summed E-state index contributed by atoms with van der Waals surface area (Å²) in [5.41, 5.74) is 8.05. The van der Waals surface area contributed by atoms with Gasteiger partial charge in [-0.05, 0) is 87.1 Å². The quantitative estimate of drug-likeness (QED) is 0.403. The lowest BCUT2D eigenvalue weighted by atomic mass is 9.85. The zero-order valence-corrected chi connectivity index (χ0v) is 23.1. The molecule has 194 valence electrons. The minimum atomic E-state index is -0.000366. The van der Waals surface area contributed by atoms with Gasteiger partial charge in [-0.2, -0.15) is 0 Å². The second kappa shape index (κ2) is 11.3. The molecule has 37 heavy (non-hydrogen) atoms. The van der Waals surface area contributed by atoms with Gasteiger partial charge in [0, 0.05) is 47.8 Å². The largest absolute Gasteiger partial charge is 0.337 e. The van der Waals surface area contributed by atoms with Gasteiger partial charge in [-0.15, -0.1) is 0 Å². The Morgan fingerprint density at radius 1 is 1.05 bits per heavy atom. The van der Waals surface area contributed by atoms with Crippen molar-refractivity contribution in [3.8, 4) is 0 Å². The second-order valence-corrected chi connectivity index (χ2v) is 11.0. The van der Waals surface area contributed by atoms with Crippen molar-refractivity contribution in [2.45, 2.75) is 45.1 Å². The monoisotopic (exact) mass is 563 g/mol. The Hall–Kier alpha value is -2.81. The molecule has 7 nitrogen and oxygen atoms in total. The third-order valence-electron chi connectivity index (χ3n) is 7.75. The van der Waals surface area contributed by atoms with Crippen molar-refractivity contribution in [2.24, 2.45) is 0 Å². The van der Waals surface area contributed by atoms with Crippen molar-refractivity contribution in [3.63, 3.8) is 0 Å². The number of amides is 1. The van der Waals surface area contributed by atoms with Gasteiger partial charge < -0.3 is 4.90 Å². The van der Waals surface area contributed by atoms with Crippen LogP contribution in [0.2, 0.25) is 0 Å². The Morgan fingerprint density at radius 3 is 2.49 bits per heavy atom. The van der Waals surface area contributed by atoms with Crippen LogP contribution in [0.15, 0.2) is 64.8 Å². The molecule has 2 aliphatic heterocycles. The minimum Gasteiger partial charge on any atom is -0.337 e. The molecule has 1 amide bonds. The molecule has 3 aromatic rings. The van der Waals surface area contributed by atoms with E-state index in [4.69, 9.17) is 4.84 Å². The molecule has 2 aromatic heterocycles. The van der Waals surface area contributed by atoms with Gasteiger partial charge in [0.1, 0.15) is 5.69 Å². The van der Waals surface area contributed by atoms with E-state index in [9.17, 15) is 4.79 Å². The molecular formula is C29H34BrN5O2. The number of aromatic nitrogens is 2. The van der Waals surface area contributed by atoms with Crippen molar-refractivity contribution in [3.05, 3.63) is 76.0 Å². The molecular weight excluding hydrogens is 530 g/mol. The van der Waals surface area contributed by atoms with Crippen LogP contribution in [0.1, 0.15) is 55.6 Å². The first kappa shape index (κ1) is 25.8. The van der Waals surface area contributed by atoms with Crippen LogP contribution in [0.4, 0.5) is 0 Å². The van der Waals surface area contributed by atoms with E-state index in [1.165, 1.54) is 5.57 Å². The molecule has 1 aromatic carbocycles. The van der Waals surface area contributed by atoms with Crippen molar-refractivity contribution in [1.29, 1.82) is 0 Å². The number of benzene rings is 1. The first-order valence-corrected chi connectivity index (χ1v) is 13.9. The number of hydroxylamine groups is 1. The number of likely N-dealkylation sites (tertiary alicyclic amines) is 2. The number of hydrogen-bond acceptors (Lipinski definition) is 6. The average molecular weight is 565 g/mol. The van der Waals surface area contributed by atoms with E-state index in [0.717, 1.165) is 73.0 Å². The predicted octanol–water partition coefficient (Wildman–Crippen LogP) is 5.44. The number of nitrogens with zero attached hydrogens (tertiary/aromatic N) is 4. The fraction of sp³-hybridized carbons (Fsp3) is 0.414. The molecule has 2 aliphatic rings. The Morgan fingerprint density at radius 2 is 1.78 bits per heavy atom. The van der Waals surface area contributed by atoms with Crippen molar-refractivity contribution >= 4 is 38.6 Å². The topological polar surface area (TPSA) is 70.6 Å². The molecule has 0 aliphatic carbocycles. The first-order valence-electron chi connectivity index (χ1n) is 13.1. The number of hydrogen-bond donors (Lipinski definition) is 1. The molecule has 2 fully saturated rings. The maximum Gasteiger partial charge on any atom is 0.272 e. The molecule has 0 bridgehead atoms. The molecule has 0 unspecified atom stereocenters. The summed E-state index contributed by atoms with van der Waals surface area (Å²) in [6.07, 6.45) is 5.63. The molecule has 1 N–H and O–H groups in total. The van der Waals surface area contributed by atoms with Crippen LogP contribution < -0.4 is 5.48 Å². The maximum absolute atomic E-state index is 13.2. The van der Waals surface area contributed by atoms with Gasteiger partial charge in [0.25, 0.3) is 5.91 Å². The number of piperidine rings is 2. The van der Waals surface area contributed by atoms with Crippen LogP contribution in [-0.2, 0) is 4.84 Å². The lowest BCUT2D eigenvalue weighted by Gasteiger charge is -2.48. The van der Waals surface area contributed by atoms with Crippen LogP contribution in [0, 0.1) is 0 Å². The summed E-state index contributed by atoms with van der Waals surface area (Å²) in [6.45, 7) is 8.45. The first-order chi connectivity index (χ1) is 18.0. The minimum absolute atomic E-state index is 0.000366. The van der Waals surface area contributed by atoms with Gasteiger partial charge in [-0.25, -0.2) is 9.97 Å². The lowest BCUT2D eigenvalue weighted by Crippen LogP contribution is -2.56. The Balaban J connectivity index is 1.22. The molecule has 0 saturated carbocycles. The second-order valence-electron chi connectivity index (χ2n) is 10.0. The zero-order chi connectivity index (χ0) is 25.8. The zero-order valence-electron chi connectivity index (χ0n) is 21.5. The van der Waals surface area contributed by atoms with Gasteiger partial charge in [0.2, 0.25) is 0 Å². The smallest absolute Gasteiger partial charge is 0.272 e. The number of rotatable bonds is 6. The van der Waals surface area contributed by atoms with E-state index in [2.05, 4.69) is 67.5 Å². The molecule has 0 atom stereocenters. The summed E-state index contributed by atoms with van der Waals surface area (Å²) >= 11 is 3.53. The van der Waals surface area contributed by atoms with Crippen LogP contribution >= 0.6 is 15.9 Å². The van der Waals surface area contributed by atoms with Gasteiger partial charge in [-0.3, -0.25) is 20.0 Å². The van der Waals surface area contributed by atoms with Gasteiger partial charge in [-0.1, -0.05) is 28.1 Å². The molecule has 2 saturated heterocycles. The van der Waals surface area contributed by atoms with Crippen LogP contribution in [-0.4, -0.2) is 64.0 Å². The number of carbonyl (C=O) groups is 1. The highest BCUT2D eigenvalue weighted by molar-refractivity contribution is 9.10. The van der Waals surface area contributed by atoms with Crippen LogP contribution in [0.25, 0.3) is 16.7 Å². The number of halogens is 1. The normalized spacial score (nSPS) is 18.1. The highest BCUT2D eigenvalue weighted by atomic mass is 79.9. The molecule has 0 radical (unpaired) electrons. The molecule has 0 spiro atoms. The maximum atomic E-state index is 13.2. The van der Waals surface area contributed by atoms with E-state index < -0.39 is 0 Å². The van der Waals surface area contributed by atoms with Crippen LogP contribution in [0.3, 0.4) is 0 Å². The summed E-state index contributed by atoms with van der Waals surface area (Å²) in [5.74, 6) is -0.000366. The summed E-state index contributed by atoms with van der Waals surface area (Å²) in [5, 5.41) is 0.948. The fourth-order valence-corrected chi connectivity index (χ4v) is 5.67. The van der Waals surface area contributed by atoms with E-state index >= 15 is 0 Å². The molecule has 8 heteroatoms. The van der Waals surface area contributed by atoms with E-state index in [0.29, 0.717) is 17.9 Å². The Kier molecular flexibility index (Phi) is 7.88. The third kappa shape index (κ3) is 5.71. The van der Waals surface area contributed by atoms with Crippen molar-refractivity contribution in [1.82, 2.24) is 25.2 Å². The fourth-order valence-electron chi connectivity index (χ4n) is 5.40. The standard InChI is InChI=1S/C29H34BrN5O2/c1-3-37-33-26(21-6-9-24(30)10-7-21)22-12-17-35(18-13-22)29(2)14-19-34(20-15-29)28(36)25-11-8-23-5-4-16-31-27(23)32-25/h4-11,16,33H,3,12-15,17-20H2,1-2H3. The van der Waals surface area contributed by atoms with Crippen molar-refractivity contribution in [2.75, 3.05) is 32.8 Å². The number of carbonyl (C=O) groups excluding carboxylic acids is 1. The van der Waals surface area contributed by atoms with E-state index in [1.54, 1.807) is 6.20 Å². The number of pyridine rings is 2. The Bertz CT molecular complexity index is 1270. The highest BCUT2D eigenvalue weighted by Gasteiger charge is 2.38. The Labute approximate surface area is 227 Å². The van der Waals surface area contributed by atoms with Crippen LogP contribution in [0.5, 0.6) is 0 Å². The van der Waals surface area contributed by atoms with E-state index in [-0.39, 0.29) is 11.4 Å². The SMILES string of the molecule is CCONC(=C1CCN(C2(C)CCN(C(=O)c3ccc4cccnc4n3)CC2)CC1)c1ccc(Br)cc1. The summed E-state index contributed by atoms with van der Waals surface area (Å²) in [7, 11) is 0. The van der Waals surface area contributed by atoms with E-state index in [1.807, 2.05) is 36.1 Å². The third-order valence-corrected chi connectivity index (χ3v) is 8.28. The summed E-state index contributed by atoms with van der Waals surface area (Å²) < 4.78 is 1.07. The van der Waals surface area contributed by atoms with Crippen molar-refractivity contribution < 1.29 is 9.63 Å². The van der Waals surface area contributed by atoms with Gasteiger partial charge in [0.05, 0.1) is 12.3 Å². The average Bonchev–Trinajstić information content (AvgIpc) is 2.94. The summed E-state index contributed by atoms with van der Waals surface area (Å²) in [4.78, 5) is 32.2. The van der Waals surface area contributed by atoms with Gasteiger partial charge >= 0.3 is 0 Å². The predicted molar refractivity (Wildman–Crippen MR) is 150 cm³/mol. The number of nitrogens with one attached hydrogen (secondary N) is 1. The number of fused-ring (bicyclic) bond motifs is 1. The molecule has 5 rings (SSSR count). The lowest BCUT2D eigenvalue weighted by molar-refractivity contribution is 0.0253. The molecule has 4 heterocycles. The summed E-state index contributed by atoms with van der Waals surface area (Å²) in [6, 6.07) is 16.0.